The highest BCUT2D eigenvalue weighted by molar-refractivity contribution is 6.31. The van der Waals surface area contributed by atoms with Crippen LogP contribution in [0.2, 0.25) is 5.02 Å². The van der Waals surface area contributed by atoms with E-state index in [1.807, 2.05) is 12.1 Å². The molecule has 5 heteroatoms. The first-order valence-corrected chi connectivity index (χ1v) is 7.21. The van der Waals surface area contributed by atoms with Gasteiger partial charge < -0.3 is 10.1 Å². The maximum absolute atomic E-state index is 6.23. The van der Waals surface area contributed by atoms with Crippen molar-refractivity contribution in [3.05, 3.63) is 22.8 Å². The summed E-state index contributed by atoms with van der Waals surface area (Å²) in [7, 11) is 1.76. The second-order valence-electron chi connectivity index (χ2n) is 5.00. The number of rotatable bonds is 6. The summed E-state index contributed by atoms with van der Waals surface area (Å²) in [6, 6.07) is 3.84. The van der Waals surface area contributed by atoms with Gasteiger partial charge in [0.05, 0.1) is 17.3 Å². The molecule has 1 atom stereocenters. The Bertz CT molecular complexity index is 414. The summed E-state index contributed by atoms with van der Waals surface area (Å²) in [6.45, 7) is 6.75. The zero-order valence-corrected chi connectivity index (χ0v) is 12.4. The Hall–Kier alpha value is -0.840. The Labute approximate surface area is 120 Å². The molecular formula is C14H22ClN3O. The highest BCUT2D eigenvalue weighted by Crippen LogP contribution is 2.22. The smallest absolute Gasteiger partial charge is 0.126 e. The number of nitrogens with zero attached hydrogens (tertiary/aromatic N) is 2. The fraction of sp³-hybridized carbons (Fsp3) is 0.643. The van der Waals surface area contributed by atoms with Crippen molar-refractivity contribution in [1.29, 1.82) is 0 Å². The zero-order chi connectivity index (χ0) is 13.7. The summed E-state index contributed by atoms with van der Waals surface area (Å²) >= 11 is 6.23. The van der Waals surface area contributed by atoms with E-state index in [1.54, 1.807) is 7.11 Å². The van der Waals surface area contributed by atoms with Gasteiger partial charge in [-0.3, -0.25) is 4.90 Å². The molecule has 1 unspecified atom stereocenters. The van der Waals surface area contributed by atoms with E-state index in [4.69, 9.17) is 16.3 Å². The van der Waals surface area contributed by atoms with Crippen molar-refractivity contribution in [2.45, 2.75) is 19.9 Å². The molecule has 106 valence electrons. The molecule has 1 aliphatic heterocycles. The van der Waals surface area contributed by atoms with Crippen molar-refractivity contribution in [3.63, 3.8) is 0 Å². The molecule has 1 aromatic rings. The van der Waals surface area contributed by atoms with Gasteiger partial charge in [0.15, 0.2) is 0 Å². The van der Waals surface area contributed by atoms with Crippen LogP contribution in [-0.4, -0.2) is 43.2 Å². The number of ether oxygens (including phenoxy) is 1. The maximum Gasteiger partial charge on any atom is 0.126 e. The van der Waals surface area contributed by atoms with Crippen LogP contribution in [0.3, 0.4) is 0 Å². The first kappa shape index (κ1) is 14.6. The molecule has 2 heterocycles. The van der Waals surface area contributed by atoms with Gasteiger partial charge in [0.2, 0.25) is 0 Å². The lowest BCUT2D eigenvalue weighted by Crippen LogP contribution is -2.22. The summed E-state index contributed by atoms with van der Waals surface area (Å²) in [5.41, 5.74) is 0.957. The molecule has 0 amide bonds. The first-order chi connectivity index (χ1) is 9.22. The third kappa shape index (κ3) is 4.06. The molecule has 1 N–H and O–H groups in total. The first-order valence-electron chi connectivity index (χ1n) is 6.83. The molecule has 0 radical (unpaired) electrons. The predicted molar refractivity (Wildman–Crippen MR) is 78.7 cm³/mol. The molecule has 0 aromatic carbocycles. The number of pyridine rings is 1. The highest BCUT2D eigenvalue weighted by Gasteiger charge is 2.23. The normalized spacial score (nSPS) is 19.8. The Morgan fingerprint density at radius 1 is 1.53 bits per heavy atom. The number of hydrogen-bond donors (Lipinski definition) is 1. The number of halogens is 1. The van der Waals surface area contributed by atoms with Crippen molar-refractivity contribution < 1.29 is 4.74 Å². The molecule has 2 rings (SSSR count). The Morgan fingerprint density at radius 2 is 2.37 bits per heavy atom. The van der Waals surface area contributed by atoms with Crippen molar-refractivity contribution in [2.24, 2.45) is 5.92 Å². The van der Waals surface area contributed by atoms with Crippen molar-refractivity contribution >= 4 is 17.4 Å². The Kier molecular flexibility index (Phi) is 5.43. The summed E-state index contributed by atoms with van der Waals surface area (Å²) in [6.07, 6.45) is 1.19. The number of hydrogen-bond acceptors (Lipinski definition) is 4. The largest absolute Gasteiger partial charge is 0.384 e. The highest BCUT2D eigenvalue weighted by atomic mass is 35.5. The quantitative estimate of drug-likeness (QED) is 0.871. The van der Waals surface area contributed by atoms with Crippen molar-refractivity contribution in [3.8, 4) is 0 Å². The fourth-order valence-electron chi connectivity index (χ4n) is 2.51. The van der Waals surface area contributed by atoms with E-state index >= 15 is 0 Å². The summed E-state index contributed by atoms with van der Waals surface area (Å²) in [4.78, 5) is 6.98. The van der Waals surface area contributed by atoms with Crippen LogP contribution >= 0.6 is 11.6 Å². The molecule has 1 fully saturated rings. The second-order valence-corrected chi connectivity index (χ2v) is 5.41. The van der Waals surface area contributed by atoms with Gasteiger partial charge in [-0.05, 0) is 37.9 Å². The average Bonchev–Trinajstić information content (AvgIpc) is 2.82. The molecule has 4 nitrogen and oxygen atoms in total. The van der Waals surface area contributed by atoms with Gasteiger partial charge >= 0.3 is 0 Å². The second kappa shape index (κ2) is 7.08. The van der Waals surface area contributed by atoms with E-state index < -0.39 is 0 Å². The zero-order valence-electron chi connectivity index (χ0n) is 11.7. The lowest BCUT2D eigenvalue weighted by atomic mass is 10.1. The van der Waals surface area contributed by atoms with Crippen molar-refractivity contribution in [2.75, 3.05) is 38.7 Å². The van der Waals surface area contributed by atoms with E-state index in [1.165, 1.54) is 6.42 Å². The SMILES string of the molecule is CCNc1ccc(Cl)c(CN2CCC(COC)C2)n1. The molecule has 0 saturated carbocycles. The number of aromatic nitrogens is 1. The number of anilines is 1. The third-order valence-electron chi connectivity index (χ3n) is 3.42. The van der Waals surface area contributed by atoms with Gasteiger partial charge in [-0.2, -0.15) is 0 Å². The number of likely N-dealkylation sites (tertiary alicyclic amines) is 1. The maximum atomic E-state index is 6.23. The van der Waals surface area contributed by atoms with Gasteiger partial charge in [0.1, 0.15) is 5.82 Å². The van der Waals surface area contributed by atoms with Crippen molar-refractivity contribution in [1.82, 2.24) is 9.88 Å². The molecule has 1 aliphatic rings. The minimum Gasteiger partial charge on any atom is -0.384 e. The molecule has 0 spiro atoms. The van der Waals surface area contributed by atoms with E-state index in [-0.39, 0.29) is 0 Å². The Balaban J connectivity index is 1.97. The van der Waals surface area contributed by atoms with Crippen LogP contribution < -0.4 is 5.32 Å². The topological polar surface area (TPSA) is 37.4 Å². The van der Waals surface area contributed by atoms with E-state index in [0.717, 1.165) is 49.3 Å². The van der Waals surface area contributed by atoms with Gasteiger partial charge in [-0.1, -0.05) is 11.6 Å². The minimum atomic E-state index is 0.640. The van der Waals surface area contributed by atoms with Crippen LogP contribution in [0.25, 0.3) is 0 Å². The average molecular weight is 284 g/mol. The summed E-state index contributed by atoms with van der Waals surface area (Å²) in [5, 5.41) is 3.97. The van der Waals surface area contributed by atoms with Crippen LogP contribution in [0.15, 0.2) is 12.1 Å². The summed E-state index contributed by atoms with van der Waals surface area (Å²) in [5.74, 6) is 1.54. The van der Waals surface area contributed by atoms with E-state index in [2.05, 4.69) is 22.1 Å². The number of nitrogens with one attached hydrogen (secondary N) is 1. The monoisotopic (exact) mass is 283 g/mol. The van der Waals surface area contributed by atoms with E-state index in [9.17, 15) is 0 Å². The van der Waals surface area contributed by atoms with Crippen LogP contribution in [-0.2, 0) is 11.3 Å². The number of methoxy groups -OCH3 is 1. The van der Waals surface area contributed by atoms with Gasteiger partial charge in [-0.15, -0.1) is 0 Å². The lowest BCUT2D eigenvalue weighted by Gasteiger charge is -2.17. The van der Waals surface area contributed by atoms with Crippen LogP contribution in [0.4, 0.5) is 5.82 Å². The molecule has 0 aliphatic carbocycles. The van der Waals surface area contributed by atoms with Crippen LogP contribution in [0.1, 0.15) is 19.0 Å². The molecular weight excluding hydrogens is 262 g/mol. The predicted octanol–water partition coefficient (Wildman–Crippen LogP) is 2.64. The lowest BCUT2D eigenvalue weighted by molar-refractivity contribution is 0.152. The fourth-order valence-corrected chi connectivity index (χ4v) is 2.68. The van der Waals surface area contributed by atoms with Crippen LogP contribution in [0.5, 0.6) is 0 Å². The minimum absolute atomic E-state index is 0.640. The molecule has 19 heavy (non-hydrogen) atoms. The molecule has 1 saturated heterocycles. The van der Waals surface area contributed by atoms with Gasteiger partial charge in [0.25, 0.3) is 0 Å². The van der Waals surface area contributed by atoms with Crippen LogP contribution in [0, 0.1) is 5.92 Å². The van der Waals surface area contributed by atoms with Gasteiger partial charge in [-0.25, -0.2) is 4.98 Å². The molecule has 0 bridgehead atoms. The van der Waals surface area contributed by atoms with E-state index in [0.29, 0.717) is 5.92 Å². The third-order valence-corrected chi connectivity index (χ3v) is 3.77. The van der Waals surface area contributed by atoms with Gasteiger partial charge in [0, 0.05) is 26.7 Å². The summed E-state index contributed by atoms with van der Waals surface area (Å²) < 4.78 is 5.22. The molecule has 1 aromatic heterocycles. The standard InChI is InChI=1S/C14H22ClN3O/c1-3-16-14-5-4-12(15)13(17-14)9-18-7-6-11(8-18)10-19-2/h4-5,11H,3,6-10H2,1-2H3,(H,16,17). The Morgan fingerprint density at radius 3 is 3.11 bits per heavy atom.